The van der Waals surface area contributed by atoms with Gasteiger partial charge < -0.3 is 4.74 Å². The highest BCUT2D eigenvalue weighted by atomic mass is 32.2. The molecule has 24 heavy (non-hydrogen) atoms. The summed E-state index contributed by atoms with van der Waals surface area (Å²) in [5.74, 6) is -0.212. The fourth-order valence-electron chi connectivity index (χ4n) is 2.23. The van der Waals surface area contributed by atoms with Crippen LogP contribution in [0.5, 0.6) is 5.75 Å². The van der Waals surface area contributed by atoms with Crippen molar-refractivity contribution in [3.05, 3.63) is 53.6 Å². The number of hydrogen-bond donors (Lipinski definition) is 1. The number of benzene rings is 2. The molecule has 0 aliphatic heterocycles. The Bertz CT molecular complexity index is 790. The average molecular weight is 355 g/mol. The van der Waals surface area contributed by atoms with Crippen LogP contribution in [0.15, 0.2) is 47.4 Å². The van der Waals surface area contributed by atoms with Gasteiger partial charge in [-0.1, -0.05) is 31.5 Å². The summed E-state index contributed by atoms with van der Waals surface area (Å²) in [5, 5.41) is 0. The lowest BCUT2D eigenvalue weighted by molar-refractivity contribution is -0.0493. The maximum atomic E-state index is 12.5. The first-order valence-electron chi connectivity index (χ1n) is 7.49. The molecule has 4 nitrogen and oxygen atoms in total. The van der Waals surface area contributed by atoms with E-state index in [1.807, 2.05) is 6.92 Å². The van der Waals surface area contributed by atoms with Crippen LogP contribution in [-0.2, 0) is 16.4 Å². The van der Waals surface area contributed by atoms with Gasteiger partial charge in [0, 0.05) is 0 Å². The molecule has 0 aromatic heterocycles. The van der Waals surface area contributed by atoms with Crippen LogP contribution in [0.1, 0.15) is 24.5 Å². The molecule has 2 rings (SSSR count). The van der Waals surface area contributed by atoms with Crippen molar-refractivity contribution < 1.29 is 21.9 Å². The fourth-order valence-corrected chi connectivity index (χ4v) is 3.31. The SMILES string of the molecule is CCCc1ccc(S(=O)(=O)Nc2ccc(C)cc2OC(F)F)cc1. The Hall–Kier alpha value is -2.15. The van der Waals surface area contributed by atoms with Crippen LogP contribution in [0.3, 0.4) is 0 Å². The zero-order valence-corrected chi connectivity index (χ0v) is 14.2. The van der Waals surface area contributed by atoms with Gasteiger partial charge in [0.25, 0.3) is 10.0 Å². The molecule has 0 fully saturated rings. The smallest absolute Gasteiger partial charge is 0.387 e. The summed E-state index contributed by atoms with van der Waals surface area (Å²) < 4.78 is 56.6. The van der Waals surface area contributed by atoms with Crippen LogP contribution >= 0.6 is 0 Å². The van der Waals surface area contributed by atoms with E-state index in [2.05, 4.69) is 9.46 Å². The minimum atomic E-state index is -3.89. The standard InChI is InChI=1S/C17H19F2NO3S/c1-3-4-13-6-8-14(9-7-13)24(21,22)20-15-10-5-12(2)11-16(15)23-17(18)19/h5-11,17,20H,3-4H2,1-2H3. The van der Waals surface area contributed by atoms with Crippen LogP contribution < -0.4 is 9.46 Å². The van der Waals surface area contributed by atoms with Gasteiger partial charge in [-0.3, -0.25) is 4.72 Å². The molecule has 7 heteroatoms. The molecule has 1 N–H and O–H groups in total. The summed E-state index contributed by atoms with van der Waals surface area (Å²) in [6, 6.07) is 10.8. The van der Waals surface area contributed by atoms with E-state index in [1.165, 1.54) is 24.3 Å². The minimum absolute atomic E-state index is 0.0291. The summed E-state index contributed by atoms with van der Waals surface area (Å²) in [7, 11) is -3.89. The highest BCUT2D eigenvalue weighted by Crippen LogP contribution is 2.29. The molecule has 0 heterocycles. The number of rotatable bonds is 7. The Kier molecular flexibility index (Phi) is 5.77. The summed E-state index contributed by atoms with van der Waals surface area (Å²) >= 11 is 0. The molecule has 130 valence electrons. The molecule has 0 aliphatic carbocycles. The number of nitrogens with one attached hydrogen (secondary N) is 1. The van der Waals surface area contributed by atoms with Crippen molar-refractivity contribution in [1.29, 1.82) is 0 Å². The van der Waals surface area contributed by atoms with Gasteiger partial charge in [0.1, 0.15) is 5.75 Å². The molecular formula is C17H19F2NO3S. The molecular weight excluding hydrogens is 336 g/mol. The fraction of sp³-hybridized carbons (Fsp3) is 0.294. The lowest BCUT2D eigenvalue weighted by atomic mass is 10.1. The molecule has 2 aromatic rings. The maximum Gasteiger partial charge on any atom is 0.387 e. The highest BCUT2D eigenvalue weighted by molar-refractivity contribution is 7.92. The van der Waals surface area contributed by atoms with Gasteiger partial charge in [-0.2, -0.15) is 8.78 Å². The van der Waals surface area contributed by atoms with Crippen LogP contribution in [-0.4, -0.2) is 15.0 Å². The van der Waals surface area contributed by atoms with Gasteiger partial charge in [-0.05, 0) is 48.7 Å². The second kappa shape index (κ2) is 7.61. The Labute approximate surface area is 140 Å². The summed E-state index contributed by atoms with van der Waals surface area (Å²) in [4.78, 5) is 0.0610. The van der Waals surface area contributed by atoms with E-state index in [0.717, 1.165) is 18.4 Å². The lowest BCUT2D eigenvalue weighted by Crippen LogP contribution is -2.15. The largest absolute Gasteiger partial charge is 0.433 e. The number of halogens is 2. The quantitative estimate of drug-likeness (QED) is 0.803. The van der Waals surface area contributed by atoms with Crippen LogP contribution in [0.25, 0.3) is 0 Å². The topological polar surface area (TPSA) is 55.4 Å². The Balaban J connectivity index is 2.28. The normalized spacial score (nSPS) is 11.5. The number of alkyl halides is 2. The number of aryl methyl sites for hydroxylation is 2. The van der Waals surface area contributed by atoms with E-state index in [1.54, 1.807) is 25.1 Å². The predicted molar refractivity (Wildman–Crippen MR) is 89.1 cm³/mol. The zero-order valence-electron chi connectivity index (χ0n) is 13.4. The average Bonchev–Trinajstić information content (AvgIpc) is 2.50. The number of sulfonamides is 1. The summed E-state index contributed by atoms with van der Waals surface area (Å²) in [6.07, 6.45) is 1.82. The monoisotopic (exact) mass is 355 g/mol. The molecule has 0 aliphatic rings. The molecule has 0 saturated heterocycles. The highest BCUT2D eigenvalue weighted by Gasteiger charge is 2.18. The van der Waals surface area contributed by atoms with Crippen LogP contribution in [0.2, 0.25) is 0 Å². The van der Waals surface area contributed by atoms with Crippen molar-refractivity contribution >= 4 is 15.7 Å². The third kappa shape index (κ3) is 4.67. The first-order valence-corrected chi connectivity index (χ1v) is 8.97. The van der Waals surface area contributed by atoms with E-state index < -0.39 is 16.6 Å². The van der Waals surface area contributed by atoms with E-state index in [0.29, 0.717) is 5.56 Å². The second-order valence-electron chi connectivity index (χ2n) is 5.38. The predicted octanol–water partition coefficient (Wildman–Crippen LogP) is 4.35. The first-order chi connectivity index (χ1) is 11.3. The van der Waals surface area contributed by atoms with Crippen molar-refractivity contribution in [3.63, 3.8) is 0 Å². The van der Waals surface area contributed by atoms with Gasteiger partial charge in [-0.25, -0.2) is 8.42 Å². The minimum Gasteiger partial charge on any atom is -0.433 e. The number of anilines is 1. The van der Waals surface area contributed by atoms with Crippen LogP contribution in [0, 0.1) is 6.92 Å². The van der Waals surface area contributed by atoms with E-state index >= 15 is 0 Å². The van der Waals surface area contributed by atoms with Gasteiger partial charge in [-0.15, -0.1) is 0 Å². The van der Waals surface area contributed by atoms with E-state index in [4.69, 9.17) is 0 Å². The van der Waals surface area contributed by atoms with Crippen molar-refractivity contribution in [3.8, 4) is 5.75 Å². The Morgan fingerprint density at radius 1 is 1.12 bits per heavy atom. The third-order valence-corrected chi connectivity index (χ3v) is 4.75. The second-order valence-corrected chi connectivity index (χ2v) is 7.06. The molecule has 2 aromatic carbocycles. The molecule has 0 bridgehead atoms. The van der Waals surface area contributed by atoms with Gasteiger partial charge >= 0.3 is 6.61 Å². The number of ether oxygens (including phenoxy) is 1. The van der Waals surface area contributed by atoms with Crippen molar-refractivity contribution in [2.45, 2.75) is 38.2 Å². The first kappa shape index (κ1) is 18.2. The zero-order chi connectivity index (χ0) is 17.7. The van der Waals surface area contributed by atoms with Crippen molar-refractivity contribution in [1.82, 2.24) is 0 Å². The van der Waals surface area contributed by atoms with Crippen molar-refractivity contribution in [2.75, 3.05) is 4.72 Å². The molecule has 0 atom stereocenters. The molecule has 0 radical (unpaired) electrons. The third-order valence-electron chi connectivity index (χ3n) is 3.37. The van der Waals surface area contributed by atoms with Gasteiger partial charge in [0.05, 0.1) is 10.6 Å². The lowest BCUT2D eigenvalue weighted by Gasteiger charge is -2.14. The molecule has 0 unspecified atom stereocenters. The van der Waals surface area contributed by atoms with Crippen LogP contribution in [0.4, 0.5) is 14.5 Å². The molecule has 0 spiro atoms. The Morgan fingerprint density at radius 3 is 2.38 bits per heavy atom. The molecule has 0 saturated carbocycles. The van der Waals surface area contributed by atoms with Crippen molar-refractivity contribution in [2.24, 2.45) is 0 Å². The van der Waals surface area contributed by atoms with Gasteiger partial charge in [0.2, 0.25) is 0 Å². The molecule has 0 amide bonds. The number of hydrogen-bond acceptors (Lipinski definition) is 3. The summed E-state index contributed by atoms with van der Waals surface area (Å²) in [6.45, 7) is 0.695. The van der Waals surface area contributed by atoms with E-state index in [-0.39, 0.29) is 16.3 Å². The maximum absolute atomic E-state index is 12.5. The van der Waals surface area contributed by atoms with Gasteiger partial charge in [0.15, 0.2) is 0 Å². The Morgan fingerprint density at radius 2 is 1.79 bits per heavy atom. The summed E-state index contributed by atoms with van der Waals surface area (Å²) in [5.41, 5.74) is 1.68. The van der Waals surface area contributed by atoms with E-state index in [9.17, 15) is 17.2 Å².